The Morgan fingerprint density at radius 2 is 1.77 bits per heavy atom. The minimum absolute atomic E-state index is 0.0372. The number of nitrogens with one attached hydrogen (secondary N) is 1. The molecule has 0 saturated heterocycles. The first-order valence-corrected chi connectivity index (χ1v) is 9.02. The lowest BCUT2D eigenvalue weighted by Gasteiger charge is -2.13. The van der Waals surface area contributed by atoms with Crippen molar-refractivity contribution in [1.29, 1.82) is 0 Å². The molecule has 0 spiro atoms. The molecule has 3 nitrogen and oxygen atoms in total. The summed E-state index contributed by atoms with van der Waals surface area (Å²) in [5.74, 6) is -0.0372. The number of aliphatic hydroxyl groups excluding tert-OH is 1. The van der Waals surface area contributed by atoms with Crippen LogP contribution < -0.4 is 5.32 Å². The van der Waals surface area contributed by atoms with Gasteiger partial charge in [0.25, 0.3) is 0 Å². The second kappa shape index (κ2) is 8.15. The van der Waals surface area contributed by atoms with Crippen LogP contribution in [-0.2, 0) is 11.2 Å². The summed E-state index contributed by atoms with van der Waals surface area (Å²) in [6, 6.07) is 20.2. The van der Waals surface area contributed by atoms with E-state index in [2.05, 4.69) is 37.4 Å². The van der Waals surface area contributed by atoms with Crippen molar-refractivity contribution in [2.75, 3.05) is 6.54 Å². The zero-order valence-corrected chi connectivity index (χ0v) is 15.3. The third-order valence-corrected chi connectivity index (χ3v) is 4.77. The highest BCUT2D eigenvalue weighted by molar-refractivity contribution is 5.83. The van der Waals surface area contributed by atoms with Gasteiger partial charge in [-0.25, -0.2) is 0 Å². The summed E-state index contributed by atoms with van der Waals surface area (Å²) >= 11 is 0. The molecule has 0 aliphatic carbocycles. The largest absolute Gasteiger partial charge is 0.387 e. The van der Waals surface area contributed by atoms with E-state index in [-0.39, 0.29) is 12.5 Å². The second-order valence-electron chi connectivity index (χ2n) is 6.86. The van der Waals surface area contributed by atoms with Gasteiger partial charge in [-0.15, -0.1) is 0 Å². The fourth-order valence-corrected chi connectivity index (χ4v) is 3.21. The van der Waals surface area contributed by atoms with E-state index in [0.717, 1.165) is 16.3 Å². The van der Waals surface area contributed by atoms with E-state index in [1.807, 2.05) is 42.5 Å². The predicted molar refractivity (Wildman–Crippen MR) is 106 cm³/mol. The number of amides is 1. The Kier molecular flexibility index (Phi) is 5.69. The minimum atomic E-state index is -0.704. The molecule has 0 aromatic heterocycles. The molecule has 26 heavy (non-hydrogen) atoms. The summed E-state index contributed by atoms with van der Waals surface area (Å²) in [5.41, 5.74) is 4.46. The molecule has 0 heterocycles. The highest BCUT2D eigenvalue weighted by Crippen LogP contribution is 2.20. The first-order chi connectivity index (χ1) is 12.5. The molecular formula is C23H25NO2. The Morgan fingerprint density at radius 3 is 2.54 bits per heavy atom. The molecule has 3 aromatic rings. The van der Waals surface area contributed by atoms with Gasteiger partial charge in [-0.2, -0.15) is 0 Å². The zero-order chi connectivity index (χ0) is 18.5. The van der Waals surface area contributed by atoms with Crippen LogP contribution in [0.15, 0.2) is 60.7 Å². The maximum atomic E-state index is 12.1. The van der Waals surface area contributed by atoms with Crippen molar-refractivity contribution in [3.8, 4) is 0 Å². The van der Waals surface area contributed by atoms with Gasteiger partial charge >= 0.3 is 0 Å². The minimum Gasteiger partial charge on any atom is -0.387 e. The van der Waals surface area contributed by atoms with Crippen molar-refractivity contribution in [2.24, 2.45) is 0 Å². The lowest BCUT2D eigenvalue weighted by molar-refractivity contribution is -0.121. The molecule has 0 saturated carbocycles. The van der Waals surface area contributed by atoms with Crippen LogP contribution in [0.5, 0.6) is 0 Å². The Hall–Kier alpha value is -2.65. The zero-order valence-electron chi connectivity index (χ0n) is 15.3. The number of hydrogen-bond acceptors (Lipinski definition) is 2. The average Bonchev–Trinajstić information content (AvgIpc) is 2.65. The highest BCUT2D eigenvalue weighted by atomic mass is 16.3. The summed E-state index contributed by atoms with van der Waals surface area (Å²) in [4.78, 5) is 12.1. The maximum absolute atomic E-state index is 12.1. The number of aryl methyl sites for hydroxylation is 3. The Bertz CT molecular complexity index is 917. The maximum Gasteiger partial charge on any atom is 0.220 e. The monoisotopic (exact) mass is 347 g/mol. The van der Waals surface area contributed by atoms with Crippen LogP contribution in [-0.4, -0.2) is 17.6 Å². The predicted octanol–water partition coefficient (Wildman–Crippen LogP) is 4.24. The van der Waals surface area contributed by atoms with E-state index in [4.69, 9.17) is 0 Å². The average molecular weight is 347 g/mol. The molecule has 1 unspecified atom stereocenters. The van der Waals surface area contributed by atoms with Gasteiger partial charge < -0.3 is 10.4 Å². The first kappa shape index (κ1) is 18.2. The summed E-state index contributed by atoms with van der Waals surface area (Å²) in [5, 5.41) is 15.4. The van der Waals surface area contributed by atoms with E-state index in [1.54, 1.807) is 0 Å². The first-order valence-electron chi connectivity index (χ1n) is 9.02. The number of aliphatic hydroxyl groups is 1. The van der Waals surface area contributed by atoms with Crippen LogP contribution in [0.4, 0.5) is 0 Å². The highest BCUT2D eigenvalue weighted by Gasteiger charge is 2.11. The van der Waals surface area contributed by atoms with Gasteiger partial charge in [0, 0.05) is 13.0 Å². The van der Waals surface area contributed by atoms with Gasteiger partial charge in [-0.3, -0.25) is 4.79 Å². The van der Waals surface area contributed by atoms with Crippen LogP contribution >= 0.6 is 0 Å². The van der Waals surface area contributed by atoms with Crippen molar-refractivity contribution >= 4 is 16.7 Å². The summed E-state index contributed by atoms with van der Waals surface area (Å²) in [7, 11) is 0. The molecule has 2 N–H and O–H groups in total. The standard InChI is InChI=1S/C23H25NO2/c1-16-7-8-18(17(2)13-16)11-12-23(26)24-15-22(25)21-10-9-19-5-3-4-6-20(19)14-21/h3-10,13-14,22,25H,11-12,15H2,1-2H3,(H,24,26). The molecule has 3 heteroatoms. The fourth-order valence-electron chi connectivity index (χ4n) is 3.21. The number of carbonyl (C=O) groups excluding carboxylic acids is 1. The number of fused-ring (bicyclic) bond motifs is 1. The molecule has 134 valence electrons. The Balaban J connectivity index is 1.53. The SMILES string of the molecule is Cc1ccc(CCC(=O)NCC(O)c2ccc3ccccc3c2)c(C)c1. The molecule has 3 rings (SSSR count). The van der Waals surface area contributed by atoms with Gasteiger partial charge in [-0.1, -0.05) is 60.2 Å². The second-order valence-corrected chi connectivity index (χ2v) is 6.86. The van der Waals surface area contributed by atoms with Crippen molar-refractivity contribution in [3.63, 3.8) is 0 Å². The summed E-state index contributed by atoms with van der Waals surface area (Å²) in [6.07, 6.45) is 0.433. The van der Waals surface area contributed by atoms with Crippen molar-refractivity contribution in [1.82, 2.24) is 5.32 Å². The number of hydrogen-bond donors (Lipinski definition) is 2. The van der Waals surface area contributed by atoms with Crippen molar-refractivity contribution < 1.29 is 9.90 Å². The van der Waals surface area contributed by atoms with E-state index in [0.29, 0.717) is 12.8 Å². The molecule has 0 radical (unpaired) electrons. The topological polar surface area (TPSA) is 49.3 Å². The quantitative estimate of drug-likeness (QED) is 0.701. The molecule has 3 aromatic carbocycles. The molecule has 1 amide bonds. The summed E-state index contributed by atoms with van der Waals surface area (Å²) < 4.78 is 0. The molecule has 0 bridgehead atoms. The molecular weight excluding hydrogens is 322 g/mol. The third kappa shape index (κ3) is 4.50. The smallest absolute Gasteiger partial charge is 0.220 e. The van der Waals surface area contributed by atoms with Crippen LogP contribution in [0.25, 0.3) is 10.8 Å². The Labute approximate surface area is 154 Å². The number of carbonyl (C=O) groups is 1. The molecule has 0 fully saturated rings. The van der Waals surface area contributed by atoms with Crippen molar-refractivity contribution in [2.45, 2.75) is 32.8 Å². The lowest BCUT2D eigenvalue weighted by atomic mass is 10.0. The van der Waals surface area contributed by atoms with Crippen LogP contribution in [0, 0.1) is 13.8 Å². The van der Waals surface area contributed by atoms with E-state index in [9.17, 15) is 9.90 Å². The van der Waals surface area contributed by atoms with Crippen LogP contribution in [0.2, 0.25) is 0 Å². The van der Waals surface area contributed by atoms with Gasteiger partial charge in [0.05, 0.1) is 6.10 Å². The van der Waals surface area contributed by atoms with Gasteiger partial charge in [-0.05, 0) is 53.8 Å². The lowest BCUT2D eigenvalue weighted by Crippen LogP contribution is -2.28. The van der Waals surface area contributed by atoms with Crippen molar-refractivity contribution in [3.05, 3.63) is 82.9 Å². The normalized spacial score (nSPS) is 12.1. The van der Waals surface area contributed by atoms with Crippen LogP contribution in [0.3, 0.4) is 0 Å². The summed E-state index contributed by atoms with van der Waals surface area (Å²) in [6.45, 7) is 4.37. The fraction of sp³-hybridized carbons (Fsp3) is 0.261. The number of rotatable bonds is 6. The molecule has 0 aliphatic heterocycles. The van der Waals surface area contributed by atoms with Gasteiger partial charge in [0.2, 0.25) is 5.91 Å². The molecule has 0 aliphatic rings. The van der Waals surface area contributed by atoms with E-state index in [1.165, 1.54) is 16.7 Å². The van der Waals surface area contributed by atoms with Gasteiger partial charge in [0.1, 0.15) is 0 Å². The van der Waals surface area contributed by atoms with Gasteiger partial charge in [0.15, 0.2) is 0 Å². The third-order valence-electron chi connectivity index (χ3n) is 4.77. The van der Waals surface area contributed by atoms with Crippen LogP contribution in [0.1, 0.15) is 34.8 Å². The Morgan fingerprint density at radius 1 is 1.00 bits per heavy atom. The van der Waals surface area contributed by atoms with E-state index < -0.39 is 6.10 Å². The molecule has 1 atom stereocenters. The van der Waals surface area contributed by atoms with E-state index >= 15 is 0 Å². The number of benzene rings is 3.